The van der Waals surface area contributed by atoms with Gasteiger partial charge in [0, 0.05) is 19.4 Å². The quantitative estimate of drug-likeness (QED) is 0.581. The highest BCUT2D eigenvalue weighted by Gasteiger charge is 1.90. The van der Waals surface area contributed by atoms with E-state index in [2.05, 4.69) is 5.32 Å². The number of allylic oxidation sites excluding steroid dienone is 1. The Balaban J connectivity index is 3.25. The maximum Gasteiger partial charge on any atom is 0.136 e. The maximum atomic E-state index is 10.7. The topological polar surface area (TPSA) is 29.1 Å². The Hall–Kier alpha value is -0.630. The molecule has 0 unspecified atom stereocenters. The average Bonchev–Trinajstić information content (AvgIpc) is 1.98. The Morgan fingerprint density at radius 2 is 2.20 bits per heavy atom. The first-order chi connectivity index (χ1) is 4.81. The van der Waals surface area contributed by atoms with Gasteiger partial charge < -0.3 is 5.32 Å². The van der Waals surface area contributed by atoms with Crippen LogP contribution in [0.25, 0.3) is 0 Å². The van der Waals surface area contributed by atoms with Crippen molar-refractivity contribution in [2.45, 2.75) is 19.8 Å². The highest BCUT2D eigenvalue weighted by atomic mass is 16.1. The SMILES string of the molecule is CCC(=O)C/C=C/CNC. The number of hydrogen-bond donors (Lipinski definition) is 1. The van der Waals surface area contributed by atoms with Crippen molar-refractivity contribution in [1.29, 1.82) is 0 Å². The molecular formula is C8H15NO. The largest absolute Gasteiger partial charge is 0.316 e. The van der Waals surface area contributed by atoms with Crippen molar-refractivity contribution in [2.75, 3.05) is 13.6 Å². The van der Waals surface area contributed by atoms with Gasteiger partial charge in [-0.15, -0.1) is 0 Å². The van der Waals surface area contributed by atoms with E-state index in [9.17, 15) is 4.79 Å². The summed E-state index contributed by atoms with van der Waals surface area (Å²) in [5.74, 6) is 0.298. The van der Waals surface area contributed by atoms with Crippen molar-refractivity contribution in [3.05, 3.63) is 12.2 Å². The molecule has 1 N–H and O–H groups in total. The maximum absolute atomic E-state index is 10.7. The lowest BCUT2D eigenvalue weighted by Crippen LogP contribution is -2.04. The molecule has 0 aliphatic carbocycles. The molecule has 0 saturated heterocycles. The summed E-state index contributed by atoms with van der Waals surface area (Å²) in [6.07, 6.45) is 5.10. The molecule has 0 aliphatic heterocycles. The fraction of sp³-hybridized carbons (Fsp3) is 0.625. The van der Waals surface area contributed by atoms with Crippen molar-refractivity contribution >= 4 is 5.78 Å². The fourth-order valence-corrected chi connectivity index (χ4v) is 0.560. The predicted molar refractivity (Wildman–Crippen MR) is 43.0 cm³/mol. The fourth-order valence-electron chi connectivity index (χ4n) is 0.560. The van der Waals surface area contributed by atoms with Crippen LogP contribution in [0.5, 0.6) is 0 Å². The zero-order valence-electron chi connectivity index (χ0n) is 6.68. The molecule has 0 aliphatic rings. The first-order valence-electron chi connectivity index (χ1n) is 3.62. The first kappa shape index (κ1) is 9.37. The molecule has 0 radical (unpaired) electrons. The van der Waals surface area contributed by atoms with E-state index in [-0.39, 0.29) is 0 Å². The minimum absolute atomic E-state index is 0.298. The van der Waals surface area contributed by atoms with Crippen molar-refractivity contribution in [3.63, 3.8) is 0 Å². The molecule has 0 saturated carbocycles. The van der Waals surface area contributed by atoms with Gasteiger partial charge in [-0.3, -0.25) is 4.79 Å². The Morgan fingerprint density at radius 1 is 1.50 bits per heavy atom. The van der Waals surface area contributed by atoms with E-state index in [1.165, 1.54) is 0 Å². The third-order valence-corrected chi connectivity index (χ3v) is 1.23. The highest BCUT2D eigenvalue weighted by molar-refractivity contribution is 5.79. The van der Waals surface area contributed by atoms with Crippen LogP contribution >= 0.6 is 0 Å². The third kappa shape index (κ3) is 5.51. The van der Waals surface area contributed by atoms with Gasteiger partial charge in [-0.1, -0.05) is 19.1 Å². The Bertz CT molecular complexity index is 118. The molecule has 0 rings (SSSR count). The summed E-state index contributed by atoms with van der Waals surface area (Å²) in [7, 11) is 1.88. The van der Waals surface area contributed by atoms with Gasteiger partial charge in [-0.2, -0.15) is 0 Å². The molecule has 0 fully saturated rings. The number of carbonyl (C=O) groups excluding carboxylic acids is 1. The van der Waals surface area contributed by atoms with Crippen LogP contribution in [0.1, 0.15) is 19.8 Å². The lowest BCUT2D eigenvalue weighted by Gasteiger charge is -1.89. The van der Waals surface area contributed by atoms with Crippen LogP contribution in [-0.2, 0) is 4.79 Å². The van der Waals surface area contributed by atoms with Gasteiger partial charge >= 0.3 is 0 Å². The average molecular weight is 141 g/mol. The Morgan fingerprint density at radius 3 is 2.70 bits per heavy atom. The van der Waals surface area contributed by atoms with E-state index in [0.717, 1.165) is 6.54 Å². The third-order valence-electron chi connectivity index (χ3n) is 1.23. The van der Waals surface area contributed by atoms with Crippen LogP contribution < -0.4 is 5.32 Å². The van der Waals surface area contributed by atoms with Gasteiger partial charge in [0.15, 0.2) is 0 Å². The summed E-state index contributed by atoms with van der Waals surface area (Å²) in [4.78, 5) is 10.7. The lowest BCUT2D eigenvalue weighted by atomic mass is 10.2. The summed E-state index contributed by atoms with van der Waals surface area (Å²) >= 11 is 0. The smallest absolute Gasteiger partial charge is 0.136 e. The van der Waals surface area contributed by atoms with Crippen LogP contribution in [0.4, 0.5) is 0 Å². The summed E-state index contributed by atoms with van der Waals surface area (Å²) in [5, 5.41) is 2.96. The molecular weight excluding hydrogens is 126 g/mol. The second-order valence-corrected chi connectivity index (χ2v) is 2.13. The van der Waals surface area contributed by atoms with E-state index in [1.807, 2.05) is 26.1 Å². The minimum atomic E-state index is 0.298. The molecule has 10 heavy (non-hydrogen) atoms. The molecule has 0 heterocycles. The minimum Gasteiger partial charge on any atom is -0.316 e. The zero-order chi connectivity index (χ0) is 7.82. The van der Waals surface area contributed by atoms with Crippen LogP contribution in [0, 0.1) is 0 Å². The normalized spacial score (nSPS) is 10.6. The Labute approximate surface area is 62.3 Å². The predicted octanol–water partition coefficient (Wildman–Crippen LogP) is 1.13. The van der Waals surface area contributed by atoms with Gasteiger partial charge in [0.1, 0.15) is 5.78 Å². The molecule has 0 aromatic carbocycles. The van der Waals surface area contributed by atoms with Gasteiger partial charge in [0.25, 0.3) is 0 Å². The number of Topliss-reactive ketones (excluding diaryl/α,β-unsaturated/α-hetero) is 1. The second kappa shape index (κ2) is 6.49. The molecule has 0 spiro atoms. The number of rotatable bonds is 5. The van der Waals surface area contributed by atoms with E-state index in [1.54, 1.807) is 0 Å². The van der Waals surface area contributed by atoms with Gasteiger partial charge in [-0.25, -0.2) is 0 Å². The highest BCUT2D eigenvalue weighted by Crippen LogP contribution is 1.89. The zero-order valence-corrected chi connectivity index (χ0v) is 6.68. The molecule has 0 aromatic heterocycles. The van der Waals surface area contributed by atoms with E-state index in [4.69, 9.17) is 0 Å². The van der Waals surface area contributed by atoms with E-state index >= 15 is 0 Å². The van der Waals surface area contributed by atoms with Crippen molar-refractivity contribution in [3.8, 4) is 0 Å². The first-order valence-corrected chi connectivity index (χ1v) is 3.62. The van der Waals surface area contributed by atoms with Crippen molar-refractivity contribution in [1.82, 2.24) is 5.32 Å². The summed E-state index contributed by atoms with van der Waals surface area (Å²) in [5.41, 5.74) is 0. The van der Waals surface area contributed by atoms with Gasteiger partial charge in [0.2, 0.25) is 0 Å². The molecule has 2 heteroatoms. The summed E-state index contributed by atoms with van der Waals surface area (Å²) in [6.45, 7) is 2.73. The molecule has 58 valence electrons. The van der Waals surface area contributed by atoms with E-state index in [0.29, 0.717) is 18.6 Å². The molecule has 2 nitrogen and oxygen atoms in total. The van der Waals surface area contributed by atoms with Crippen LogP contribution in [0.2, 0.25) is 0 Å². The number of likely N-dealkylation sites (N-methyl/N-ethyl adjacent to an activating group) is 1. The monoisotopic (exact) mass is 141 g/mol. The van der Waals surface area contributed by atoms with Gasteiger partial charge in [-0.05, 0) is 7.05 Å². The Kier molecular flexibility index (Phi) is 6.08. The number of carbonyl (C=O) groups is 1. The number of ketones is 1. The van der Waals surface area contributed by atoms with Crippen LogP contribution in [0.3, 0.4) is 0 Å². The summed E-state index contributed by atoms with van der Waals surface area (Å²) in [6, 6.07) is 0. The molecule has 0 amide bonds. The molecule has 0 atom stereocenters. The summed E-state index contributed by atoms with van der Waals surface area (Å²) < 4.78 is 0. The van der Waals surface area contributed by atoms with Gasteiger partial charge in [0.05, 0.1) is 0 Å². The molecule has 0 bridgehead atoms. The molecule has 0 aromatic rings. The van der Waals surface area contributed by atoms with Crippen LogP contribution in [0.15, 0.2) is 12.2 Å². The lowest BCUT2D eigenvalue weighted by molar-refractivity contribution is -0.117. The van der Waals surface area contributed by atoms with E-state index < -0.39 is 0 Å². The van der Waals surface area contributed by atoms with Crippen LogP contribution in [-0.4, -0.2) is 19.4 Å². The van der Waals surface area contributed by atoms with Crippen molar-refractivity contribution in [2.24, 2.45) is 0 Å². The standard InChI is InChI=1S/C8H15NO/c1-3-8(10)6-4-5-7-9-2/h4-5,9H,3,6-7H2,1-2H3/b5-4+. The number of hydrogen-bond acceptors (Lipinski definition) is 2. The van der Waals surface area contributed by atoms with Crippen molar-refractivity contribution < 1.29 is 4.79 Å². The second-order valence-electron chi connectivity index (χ2n) is 2.13. The number of nitrogens with one attached hydrogen (secondary N) is 1.